The number of carbonyl (C=O) groups excluding carboxylic acids is 1. The van der Waals surface area contributed by atoms with Gasteiger partial charge in [0.1, 0.15) is 11.6 Å². The molecule has 0 bridgehead atoms. The quantitative estimate of drug-likeness (QED) is 0.380. The number of fused-ring (bicyclic) bond motifs is 1. The van der Waals surface area contributed by atoms with Gasteiger partial charge in [-0.05, 0) is 82.1 Å². The predicted molar refractivity (Wildman–Crippen MR) is 131 cm³/mol. The molecule has 7 heteroatoms. The molecule has 1 amide bonds. The molecule has 2 heterocycles. The molecule has 4 aromatic rings. The average Bonchev–Trinajstić information content (AvgIpc) is 3.10. The number of hydrogen-bond donors (Lipinski definition) is 1. The molecule has 0 radical (unpaired) electrons. The molecule has 0 saturated carbocycles. The third-order valence-corrected chi connectivity index (χ3v) is 5.77. The van der Waals surface area contributed by atoms with Gasteiger partial charge in [-0.1, -0.05) is 27.6 Å². The number of anilines is 1. The van der Waals surface area contributed by atoms with Crippen LogP contribution in [-0.2, 0) is 4.79 Å². The van der Waals surface area contributed by atoms with E-state index in [2.05, 4.69) is 59.2 Å². The second-order valence-corrected chi connectivity index (χ2v) is 8.98. The molecule has 1 unspecified atom stereocenters. The molecule has 2 aromatic carbocycles. The molecule has 0 saturated heterocycles. The van der Waals surface area contributed by atoms with Crippen molar-refractivity contribution in [2.45, 2.75) is 40.7 Å². The van der Waals surface area contributed by atoms with Crippen molar-refractivity contribution in [2.24, 2.45) is 0 Å². The van der Waals surface area contributed by atoms with Crippen LogP contribution < -0.4 is 10.1 Å². The Balaban J connectivity index is 1.63. The van der Waals surface area contributed by atoms with Crippen molar-refractivity contribution < 1.29 is 9.53 Å². The molecule has 2 aromatic heterocycles. The summed E-state index contributed by atoms with van der Waals surface area (Å²) in [6, 6.07) is 15.5. The topological polar surface area (TPSA) is 69.0 Å². The van der Waals surface area contributed by atoms with Crippen LogP contribution in [0.25, 0.3) is 16.7 Å². The Kier molecular flexibility index (Phi) is 6.02. The van der Waals surface area contributed by atoms with E-state index in [0.717, 1.165) is 32.2 Å². The van der Waals surface area contributed by atoms with Crippen molar-refractivity contribution in [1.29, 1.82) is 0 Å². The van der Waals surface area contributed by atoms with Crippen molar-refractivity contribution in [1.82, 2.24) is 14.8 Å². The summed E-state index contributed by atoms with van der Waals surface area (Å²) in [5.74, 6) is 1.57. The highest BCUT2D eigenvalue weighted by molar-refractivity contribution is 9.10. The molecular weight excluding hydrogens is 468 g/mol. The molecule has 1 N–H and O–H groups in total. The van der Waals surface area contributed by atoms with Gasteiger partial charge >= 0.3 is 0 Å². The maximum Gasteiger partial charge on any atom is 0.266 e. The van der Waals surface area contributed by atoms with E-state index in [-0.39, 0.29) is 5.91 Å². The number of amides is 1. The zero-order valence-electron chi connectivity index (χ0n) is 18.7. The number of benzene rings is 2. The van der Waals surface area contributed by atoms with E-state index in [4.69, 9.17) is 9.72 Å². The van der Waals surface area contributed by atoms with E-state index in [1.165, 1.54) is 5.56 Å². The smallest absolute Gasteiger partial charge is 0.266 e. The lowest BCUT2D eigenvalue weighted by Crippen LogP contribution is -2.31. The van der Waals surface area contributed by atoms with Crippen LogP contribution in [0.5, 0.6) is 5.75 Å². The summed E-state index contributed by atoms with van der Waals surface area (Å²) < 4.78 is 8.40. The van der Waals surface area contributed by atoms with Crippen molar-refractivity contribution in [3.8, 4) is 11.6 Å². The van der Waals surface area contributed by atoms with Gasteiger partial charge < -0.3 is 10.1 Å². The van der Waals surface area contributed by atoms with Crippen LogP contribution in [0.2, 0.25) is 0 Å². The summed E-state index contributed by atoms with van der Waals surface area (Å²) in [6.45, 7) is 9.81. The first-order valence-corrected chi connectivity index (χ1v) is 11.2. The monoisotopic (exact) mass is 492 g/mol. The van der Waals surface area contributed by atoms with Crippen LogP contribution in [0.15, 0.2) is 53.0 Å². The third kappa shape index (κ3) is 4.53. The third-order valence-electron chi connectivity index (χ3n) is 5.24. The second-order valence-electron chi connectivity index (χ2n) is 8.06. The van der Waals surface area contributed by atoms with Gasteiger partial charge in [-0.25, -0.2) is 4.98 Å². The standard InChI is InChI=1S/C25H25BrN4O2/c1-14-10-16(3)24-21(11-14)15(2)12-22(27-24)30-23(13-17(4)29-30)28-25(31)18(5)32-20-8-6-19(26)7-9-20/h6-13,18H,1-5H3,(H,28,31). The Morgan fingerprint density at radius 1 is 1.03 bits per heavy atom. The summed E-state index contributed by atoms with van der Waals surface area (Å²) >= 11 is 3.39. The van der Waals surface area contributed by atoms with E-state index >= 15 is 0 Å². The second kappa shape index (κ2) is 8.74. The molecule has 164 valence electrons. The van der Waals surface area contributed by atoms with Gasteiger partial charge in [-0.3, -0.25) is 4.79 Å². The number of carbonyl (C=O) groups is 1. The zero-order valence-corrected chi connectivity index (χ0v) is 20.3. The van der Waals surface area contributed by atoms with Crippen LogP contribution in [0.4, 0.5) is 5.82 Å². The van der Waals surface area contributed by atoms with E-state index in [1.54, 1.807) is 11.6 Å². The Morgan fingerprint density at radius 2 is 1.75 bits per heavy atom. The molecule has 0 aliphatic carbocycles. The van der Waals surface area contributed by atoms with E-state index in [9.17, 15) is 4.79 Å². The summed E-state index contributed by atoms with van der Waals surface area (Å²) in [4.78, 5) is 17.7. The molecule has 0 spiro atoms. The summed E-state index contributed by atoms with van der Waals surface area (Å²) in [5.41, 5.74) is 5.13. The zero-order chi connectivity index (χ0) is 23.0. The number of rotatable bonds is 5. The van der Waals surface area contributed by atoms with Gasteiger partial charge in [0.2, 0.25) is 0 Å². The van der Waals surface area contributed by atoms with Crippen LogP contribution in [-0.4, -0.2) is 26.8 Å². The maximum atomic E-state index is 12.8. The largest absolute Gasteiger partial charge is 0.481 e. The van der Waals surface area contributed by atoms with E-state index < -0.39 is 6.10 Å². The van der Waals surface area contributed by atoms with Gasteiger partial charge in [-0.2, -0.15) is 9.78 Å². The molecule has 4 rings (SSSR count). The molecule has 1 atom stereocenters. The number of ether oxygens (including phenoxy) is 1. The highest BCUT2D eigenvalue weighted by Crippen LogP contribution is 2.26. The van der Waals surface area contributed by atoms with Gasteiger partial charge in [0, 0.05) is 15.9 Å². The first-order chi connectivity index (χ1) is 15.2. The SMILES string of the molecule is Cc1cc(C)c2nc(-n3nc(C)cc3NC(=O)C(C)Oc3ccc(Br)cc3)cc(C)c2c1. The molecule has 32 heavy (non-hydrogen) atoms. The lowest BCUT2D eigenvalue weighted by Gasteiger charge is -2.16. The van der Waals surface area contributed by atoms with Crippen LogP contribution in [0.3, 0.4) is 0 Å². The number of halogens is 1. The number of aromatic nitrogens is 3. The van der Waals surface area contributed by atoms with Gasteiger partial charge in [-0.15, -0.1) is 0 Å². The van der Waals surface area contributed by atoms with Crippen LogP contribution in [0, 0.1) is 27.7 Å². The number of aryl methyl sites for hydroxylation is 4. The highest BCUT2D eigenvalue weighted by Gasteiger charge is 2.19. The molecule has 0 fully saturated rings. The molecule has 0 aliphatic heterocycles. The Bertz CT molecular complexity index is 1310. The minimum Gasteiger partial charge on any atom is -0.481 e. The average molecular weight is 493 g/mol. The van der Waals surface area contributed by atoms with Gasteiger partial charge in [0.25, 0.3) is 5.91 Å². The first-order valence-electron chi connectivity index (χ1n) is 10.4. The van der Waals surface area contributed by atoms with Crippen LogP contribution in [0.1, 0.15) is 29.3 Å². The summed E-state index contributed by atoms with van der Waals surface area (Å²) in [6.07, 6.45) is -0.684. The Hall–Kier alpha value is -3.19. The predicted octanol–water partition coefficient (Wildman–Crippen LogP) is 5.82. The number of nitrogens with one attached hydrogen (secondary N) is 1. The fourth-order valence-electron chi connectivity index (χ4n) is 3.70. The molecular formula is C25H25BrN4O2. The normalized spacial score (nSPS) is 12.1. The molecule has 6 nitrogen and oxygen atoms in total. The fraction of sp³-hybridized carbons (Fsp3) is 0.240. The minimum atomic E-state index is -0.684. The minimum absolute atomic E-state index is 0.265. The number of hydrogen-bond acceptors (Lipinski definition) is 4. The first kappa shape index (κ1) is 22.0. The number of nitrogens with zero attached hydrogens (tertiary/aromatic N) is 3. The summed E-state index contributed by atoms with van der Waals surface area (Å²) in [5, 5.41) is 8.64. The van der Waals surface area contributed by atoms with E-state index in [1.807, 2.05) is 43.3 Å². The van der Waals surface area contributed by atoms with Crippen molar-refractivity contribution in [2.75, 3.05) is 5.32 Å². The maximum absolute atomic E-state index is 12.8. The highest BCUT2D eigenvalue weighted by atomic mass is 79.9. The lowest BCUT2D eigenvalue weighted by atomic mass is 10.0. The van der Waals surface area contributed by atoms with Gasteiger partial charge in [0.15, 0.2) is 11.9 Å². The van der Waals surface area contributed by atoms with E-state index in [0.29, 0.717) is 17.4 Å². The van der Waals surface area contributed by atoms with Crippen molar-refractivity contribution in [3.63, 3.8) is 0 Å². The number of pyridine rings is 1. The van der Waals surface area contributed by atoms with Crippen molar-refractivity contribution in [3.05, 3.63) is 75.4 Å². The lowest BCUT2D eigenvalue weighted by molar-refractivity contribution is -0.122. The fourth-order valence-corrected chi connectivity index (χ4v) is 3.96. The molecule has 0 aliphatic rings. The Labute approximate surface area is 195 Å². The van der Waals surface area contributed by atoms with Gasteiger partial charge in [0.05, 0.1) is 11.2 Å². The van der Waals surface area contributed by atoms with Crippen LogP contribution >= 0.6 is 15.9 Å². The summed E-state index contributed by atoms with van der Waals surface area (Å²) in [7, 11) is 0. The Morgan fingerprint density at radius 3 is 2.47 bits per heavy atom. The van der Waals surface area contributed by atoms with Crippen molar-refractivity contribution >= 4 is 38.6 Å².